The molecule has 128 valence electrons. The van der Waals surface area contributed by atoms with Crippen molar-refractivity contribution >= 4 is 35.3 Å². The van der Waals surface area contributed by atoms with Crippen LogP contribution in [0.1, 0.15) is 21.7 Å². The Morgan fingerprint density at radius 3 is 2.54 bits per heavy atom. The number of halogens is 2. The second-order valence-corrected chi connectivity index (χ2v) is 6.03. The lowest BCUT2D eigenvalue weighted by atomic mass is 10.1. The van der Waals surface area contributed by atoms with Gasteiger partial charge in [0.05, 0.1) is 27.9 Å². The molecule has 0 aliphatic heterocycles. The number of hydrogen-bond donors (Lipinski definition) is 1. The van der Waals surface area contributed by atoms with Crippen molar-refractivity contribution < 1.29 is 9.21 Å². The molecule has 0 radical (unpaired) electrons. The summed E-state index contributed by atoms with van der Waals surface area (Å²) in [4.78, 5) is 12.0. The average molecular weight is 384 g/mol. The van der Waals surface area contributed by atoms with Crippen molar-refractivity contribution in [1.29, 1.82) is 5.26 Å². The predicted molar refractivity (Wildman–Crippen MR) is 100 cm³/mol. The van der Waals surface area contributed by atoms with Crippen LogP contribution in [-0.4, -0.2) is 12.1 Å². The zero-order chi connectivity index (χ0) is 18.5. The normalized spacial score (nSPS) is 10.7. The number of nitriles is 1. The van der Waals surface area contributed by atoms with Gasteiger partial charge in [0.25, 0.3) is 5.91 Å². The summed E-state index contributed by atoms with van der Waals surface area (Å²) >= 11 is 11.7. The molecule has 0 aliphatic carbocycles. The van der Waals surface area contributed by atoms with Crippen molar-refractivity contribution in [2.45, 2.75) is 0 Å². The molecule has 0 saturated carbocycles. The Labute approximate surface area is 159 Å². The van der Waals surface area contributed by atoms with Crippen LogP contribution < -0.4 is 5.43 Å². The number of amides is 1. The summed E-state index contributed by atoms with van der Waals surface area (Å²) in [6.07, 6.45) is 1.39. The topological polar surface area (TPSA) is 78.4 Å². The average Bonchev–Trinajstić information content (AvgIpc) is 3.13. The third-order valence-corrected chi connectivity index (χ3v) is 4.20. The zero-order valence-corrected chi connectivity index (χ0v) is 14.8. The molecule has 3 aromatic rings. The Morgan fingerprint density at radius 1 is 1.08 bits per heavy atom. The number of hydrogen-bond acceptors (Lipinski definition) is 4. The van der Waals surface area contributed by atoms with E-state index in [9.17, 15) is 4.79 Å². The molecule has 26 heavy (non-hydrogen) atoms. The first-order valence-electron chi connectivity index (χ1n) is 7.45. The molecule has 0 aliphatic rings. The van der Waals surface area contributed by atoms with E-state index in [-0.39, 0.29) is 0 Å². The van der Waals surface area contributed by atoms with Crippen molar-refractivity contribution in [1.82, 2.24) is 5.43 Å². The fraction of sp³-hybridized carbons (Fsp3) is 0. The quantitative estimate of drug-likeness (QED) is 0.514. The van der Waals surface area contributed by atoms with Gasteiger partial charge in [0, 0.05) is 11.1 Å². The van der Waals surface area contributed by atoms with Gasteiger partial charge in [-0.2, -0.15) is 10.4 Å². The second kappa shape index (κ2) is 7.87. The molecule has 5 nitrogen and oxygen atoms in total. The van der Waals surface area contributed by atoms with Crippen LogP contribution in [0, 0.1) is 11.3 Å². The maximum atomic E-state index is 12.0. The van der Waals surface area contributed by atoms with Gasteiger partial charge in [-0.1, -0.05) is 23.2 Å². The van der Waals surface area contributed by atoms with Crippen molar-refractivity contribution in [2.75, 3.05) is 0 Å². The van der Waals surface area contributed by atoms with Crippen LogP contribution in [-0.2, 0) is 0 Å². The lowest BCUT2D eigenvalue weighted by molar-refractivity contribution is 0.0955. The van der Waals surface area contributed by atoms with E-state index in [4.69, 9.17) is 32.9 Å². The van der Waals surface area contributed by atoms with Gasteiger partial charge >= 0.3 is 0 Å². The molecule has 1 amide bonds. The van der Waals surface area contributed by atoms with Gasteiger partial charge < -0.3 is 4.42 Å². The first kappa shape index (κ1) is 17.7. The highest BCUT2D eigenvalue weighted by molar-refractivity contribution is 6.42. The van der Waals surface area contributed by atoms with E-state index in [2.05, 4.69) is 16.6 Å². The van der Waals surface area contributed by atoms with Crippen molar-refractivity contribution in [3.8, 4) is 17.4 Å². The summed E-state index contributed by atoms with van der Waals surface area (Å²) in [7, 11) is 0. The number of hydrazone groups is 1. The number of benzene rings is 2. The summed E-state index contributed by atoms with van der Waals surface area (Å²) in [6, 6.07) is 17.1. The van der Waals surface area contributed by atoms with E-state index in [1.807, 2.05) is 0 Å². The molecule has 1 heterocycles. The van der Waals surface area contributed by atoms with Gasteiger partial charge in [-0.05, 0) is 54.6 Å². The van der Waals surface area contributed by atoms with Crippen LogP contribution in [0.4, 0.5) is 0 Å². The molecule has 0 fully saturated rings. The third-order valence-electron chi connectivity index (χ3n) is 3.46. The highest BCUT2D eigenvalue weighted by Crippen LogP contribution is 2.23. The smallest absolute Gasteiger partial charge is 0.271 e. The Morgan fingerprint density at radius 2 is 1.85 bits per heavy atom. The van der Waals surface area contributed by atoms with Crippen molar-refractivity contribution in [2.24, 2.45) is 5.10 Å². The Bertz CT molecular complexity index is 1020. The number of nitrogens with zero attached hydrogens (tertiary/aromatic N) is 2. The first-order valence-corrected chi connectivity index (χ1v) is 8.21. The summed E-state index contributed by atoms with van der Waals surface area (Å²) in [6.45, 7) is 0. The molecule has 2 aromatic carbocycles. The summed E-state index contributed by atoms with van der Waals surface area (Å²) in [5.41, 5.74) is 4.15. The minimum Gasteiger partial charge on any atom is -0.455 e. The molecular weight excluding hydrogens is 373 g/mol. The number of rotatable bonds is 4. The number of furan rings is 1. The van der Waals surface area contributed by atoms with Gasteiger partial charge in [-0.25, -0.2) is 5.43 Å². The SMILES string of the molecule is N#Cc1ccc(-c2ccc(/C=N\NC(=O)c3ccc(Cl)c(Cl)c3)o2)cc1. The first-order chi connectivity index (χ1) is 12.6. The van der Waals surface area contributed by atoms with E-state index in [1.54, 1.807) is 48.5 Å². The molecule has 0 saturated heterocycles. The van der Waals surface area contributed by atoms with Gasteiger partial charge in [-0.15, -0.1) is 0 Å². The van der Waals surface area contributed by atoms with Crippen LogP contribution in [0.25, 0.3) is 11.3 Å². The van der Waals surface area contributed by atoms with E-state index in [1.165, 1.54) is 12.3 Å². The molecule has 1 aromatic heterocycles. The number of nitrogens with one attached hydrogen (secondary N) is 1. The Kier molecular flexibility index (Phi) is 5.37. The molecule has 0 bridgehead atoms. The highest BCUT2D eigenvalue weighted by Gasteiger charge is 2.07. The van der Waals surface area contributed by atoms with E-state index >= 15 is 0 Å². The van der Waals surface area contributed by atoms with Gasteiger partial charge in [0.15, 0.2) is 0 Å². The number of carbonyl (C=O) groups excluding carboxylic acids is 1. The van der Waals surface area contributed by atoms with Crippen LogP contribution in [0.2, 0.25) is 10.0 Å². The van der Waals surface area contributed by atoms with Gasteiger partial charge in [0.2, 0.25) is 0 Å². The van der Waals surface area contributed by atoms with Crippen LogP contribution in [0.15, 0.2) is 64.1 Å². The molecule has 0 atom stereocenters. The molecule has 0 spiro atoms. The fourth-order valence-corrected chi connectivity index (χ4v) is 2.44. The largest absolute Gasteiger partial charge is 0.455 e. The van der Waals surface area contributed by atoms with Gasteiger partial charge in [0.1, 0.15) is 11.5 Å². The Balaban J connectivity index is 1.65. The lowest BCUT2D eigenvalue weighted by Gasteiger charge is -2.01. The maximum Gasteiger partial charge on any atom is 0.271 e. The summed E-state index contributed by atoms with van der Waals surface area (Å²) in [5, 5.41) is 13.3. The Hall–Kier alpha value is -3.07. The predicted octanol–water partition coefficient (Wildman–Crippen LogP) is 4.89. The van der Waals surface area contributed by atoms with Crippen molar-refractivity contribution in [3.63, 3.8) is 0 Å². The summed E-state index contributed by atoms with van der Waals surface area (Å²) in [5.74, 6) is 0.684. The lowest BCUT2D eigenvalue weighted by Crippen LogP contribution is -2.17. The van der Waals surface area contributed by atoms with Crippen molar-refractivity contribution in [3.05, 3.63) is 81.5 Å². The van der Waals surface area contributed by atoms with Gasteiger partial charge in [-0.3, -0.25) is 4.79 Å². The van der Waals surface area contributed by atoms with Crippen LogP contribution >= 0.6 is 23.2 Å². The molecule has 0 unspecified atom stereocenters. The molecule has 1 N–H and O–H groups in total. The monoisotopic (exact) mass is 383 g/mol. The number of carbonyl (C=O) groups is 1. The maximum absolute atomic E-state index is 12.0. The zero-order valence-electron chi connectivity index (χ0n) is 13.2. The second-order valence-electron chi connectivity index (χ2n) is 5.22. The fourth-order valence-electron chi connectivity index (χ4n) is 2.14. The molecular formula is C19H11Cl2N3O2. The standard InChI is InChI=1S/C19H11Cl2N3O2/c20-16-7-5-14(9-17(16)21)19(25)24-23-11-15-6-8-18(26-15)13-3-1-12(10-22)2-4-13/h1-9,11H,(H,24,25)/b23-11-. The van der Waals surface area contributed by atoms with E-state index in [0.717, 1.165) is 5.56 Å². The van der Waals surface area contributed by atoms with E-state index in [0.29, 0.717) is 32.7 Å². The summed E-state index contributed by atoms with van der Waals surface area (Å²) < 4.78 is 5.64. The highest BCUT2D eigenvalue weighted by atomic mass is 35.5. The molecule has 7 heteroatoms. The minimum atomic E-state index is -0.418. The minimum absolute atomic E-state index is 0.293. The van der Waals surface area contributed by atoms with Crippen LogP contribution in [0.3, 0.4) is 0 Å². The third kappa shape index (κ3) is 4.12. The van der Waals surface area contributed by atoms with E-state index < -0.39 is 5.91 Å². The van der Waals surface area contributed by atoms with Crippen LogP contribution in [0.5, 0.6) is 0 Å². The molecule has 3 rings (SSSR count).